The Morgan fingerprint density at radius 3 is 2.73 bits per heavy atom. The van der Waals surface area contributed by atoms with Crippen molar-refractivity contribution in [3.8, 4) is 11.3 Å². The van der Waals surface area contributed by atoms with Gasteiger partial charge in [-0.15, -0.1) is 0 Å². The lowest BCUT2D eigenvalue weighted by atomic mass is 10.1. The zero-order valence-corrected chi connectivity index (χ0v) is 8.94. The summed E-state index contributed by atoms with van der Waals surface area (Å²) in [6.45, 7) is 2.18. The number of hydrogen-bond acceptors (Lipinski definition) is 2. The first-order valence-electron chi connectivity index (χ1n) is 5.39. The Labute approximate surface area is 90.0 Å². The number of oxazole rings is 1. The van der Waals surface area contributed by atoms with E-state index in [9.17, 15) is 0 Å². The number of rotatable bonds is 4. The van der Waals surface area contributed by atoms with Gasteiger partial charge < -0.3 is 4.42 Å². The number of aryl methyl sites for hydroxylation is 1. The number of unbranched alkanes of at least 4 members (excludes halogenated alkanes) is 1. The minimum absolute atomic E-state index is 0.973. The summed E-state index contributed by atoms with van der Waals surface area (Å²) >= 11 is 0. The third-order valence-corrected chi connectivity index (χ3v) is 2.45. The zero-order valence-electron chi connectivity index (χ0n) is 8.94. The molecule has 0 aliphatic carbocycles. The van der Waals surface area contributed by atoms with Gasteiger partial charge >= 0.3 is 0 Å². The predicted molar refractivity (Wildman–Crippen MR) is 60.6 cm³/mol. The molecule has 0 fully saturated rings. The minimum Gasteiger partial charge on any atom is -0.448 e. The van der Waals surface area contributed by atoms with Crippen LogP contribution in [0.15, 0.2) is 41.1 Å². The molecule has 1 aromatic carbocycles. The highest BCUT2D eigenvalue weighted by Crippen LogP contribution is 2.22. The SMILES string of the molecule is CCCCc1ocnc1-c1ccccc1. The van der Waals surface area contributed by atoms with Crippen molar-refractivity contribution in [1.82, 2.24) is 4.98 Å². The van der Waals surface area contributed by atoms with Crippen molar-refractivity contribution in [2.45, 2.75) is 26.2 Å². The second-order valence-electron chi connectivity index (χ2n) is 3.59. The fourth-order valence-electron chi connectivity index (χ4n) is 1.62. The molecule has 1 heterocycles. The first kappa shape index (κ1) is 9.97. The first-order chi connectivity index (χ1) is 7.42. The Balaban J connectivity index is 2.25. The number of nitrogens with zero attached hydrogens (tertiary/aromatic N) is 1. The standard InChI is InChI=1S/C13H15NO/c1-2-3-9-12-13(14-10-15-12)11-7-5-4-6-8-11/h4-8,10H,2-3,9H2,1H3. The molecule has 0 spiro atoms. The van der Waals surface area contributed by atoms with Gasteiger partial charge in [-0.2, -0.15) is 0 Å². The number of benzene rings is 1. The summed E-state index contributed by atoms with van der Waals surface area (Å²) in [6.07, 6.45) is 4.83. The van der Waals surface area contributed by atoms with Gasteiger partial charge in [0.1, 0.15) is 11.5 Å². The van der Waals surface area contributed by atoms with E-state index < -0.39 is 0 Å². The lowest BCUT2D eigenvalue weighted by molar-refractivity contribution is 0.496. The van der Waals surface area contributed by atoms with Gasteiger partial charge in [0, 0.05) is 12.0 Å². The van der Waals surface area contributed by atoms with E-state index in [0.29, 0.717) is 0 Å². The topological polar surface area (TPSA) is 26.0 Å². The molecule has 0 radical (unpaired) electrons. The Morgan fingerprint density at radius 1 is 1.20 bits per heavy atom. The maximum atomic E-state index is 5.41. The third-order valence-electron chi connectivity index (χ3n) is 2.45. The average Bonchev–Trinajstić information content (AvgIpc) is 2.75. The zero-order chi connectivity index (χ0) is 10.5. The number of hydrogen-bond donors (Lipinski definition) is 0. The van der Waals surface area contributed by atoms with Crippen LogP contribution < -0.4 is 0 Å². The molecule has 2 nitrogen and oxygen atoms in total. The molecule has 0 aliphatic rings. The van der Waals surface area contributed by atoms with Gasteiger partial charge in [0.25, 0.3) is 0 Å². The van der Waals surface area contributed by atoms with E-state index >= 15 is 0 Å². The molecule has 0 aliphatic heterocycles. The molecule has 0 unspecified atom stereocenters. The highest BCUT2D eigenvalue weighted by molar-refractivity contribution is 5.60. The van der Waals surface area contributed by atoms with Crippen molar-refractivity contribution in [2.24, 2.45) is 0 Å². The molecular formula is C13H15NO. The largest absolute Gasteiger partial charge is 0.448 e. The fraction of sp³-hybridized carbons (Fsp3) is 0.308. The van der Waals surface area contributed by atoms with Crippen molar-refractivity contribution < 1.29 is 4.42 Å². The molecule has 0 bridgehead atoms. The lowest BCUT2D eigenvalue weighted by Gasteiger charge is -1.99. The molecular weight excluding hydrogens is 186 g/mol. The highest BCUT2D eigenvalue weighted by atomic mass is 16.3. The third kappa shape index (κ3) is 2.27. The van der Waals surface area contributed by atoms with Crippen molar-refractivity contribution >= 4 is 0 Å². The molecule has 2 heteroatoms. The molecule has 0 N–H and O–H groups in total. The van der Waals surface area contributed by atoms with Crippen molar-refractivity contribution in [3.05, 3.63) is 42.5 Å². The van der Waals surface area contributed by atoms with Crippen molar-refractivity contribution in [1.29, 1.82) is 0 Å². The van der Waals surface area contributed by atoms with Gasteiger partial charge in [-0.1, -0.05) is 43.7 Å². The van der Waals surface area contributed by atoms with E-state index in [4.69, 9.17) is 4.42 Å². The van der Waals surface area contributed by atoms with Crippen LogP contribution in [0.5, 0.6) is 0 Å². The van der Waals surface area contributed by atoms with Crippen LogP contribution in [-0.4, -0.2) is 4.98 Å². The summed E-state index contributed by atoms with van der Waals surface area (Å²) in [5.41, 5.74) is 2.13. The summed E-state index contributed by atoms with van der Waals surface area (Å²) in [5, 5.41) is 0. The second kappa shape index (κ2) is 4.78. The van der Waals surface area contributed by atoms with Gasteiger partial charge in [-0.3, -0.25) is 0 Å². The Kier molecular flexibility index (Phi) is 3.18. The van der Waals surface area contributed by atoms with Gasteiger partial charge in [0.05, 0.1) is 0 Å². The van der Waals surface area contributed by atoms with Crippen LogP contribution in [-0.2, 0) is 6.42 Å². The Hall–Kier alpha value is -1.57. The van der Waals surface area contributed by atoms with Gasteiger partial charge in [0.15, 0.2) is 6.39 Å². The van der Waals surface area contributed by atoms with E-state index in [-0.39, 0.29) is 0 Å². The first-order valence-corrected chi connectivity index (χ1v) is 5.39. The van der Waals surface area contributed by atoms with Crippen LogP contribution >= 0.6 is 0 Å². The molecule has 2 aromatic rings. The van der Waals surface area contributed by atoms with Crippen LogP contribution in [0.1, 0.15) is 25.5 Å². The van der Waals surface area contributed by atoms with Gasteiger partial charge in [0.2, 0.25) is 0 Å². The fourth-order valence-corrected chi connectivity index (χ4v) is 1.62. The molecule has 0 saturated carbocycles. The van der Waals surface area contributed by atoms with Gasteiger partial charge in [-0.05, 0) is 6.42 Å². The predicted octanol–water partition coefficient (Wildman–Crippen LogP) is 3.68. The Morgan fingerprint density at radius 2 is 2.00 bits per heavy atom. The number of aromatic nitrogens is 1. The normalized spacial score (nSPS) is 10.5. The van der Waals surface area contributed by atoms with Gasteiger partial charge in [-0.25, -0.2) is 4.98 Å². The van der Waals surface area contributed by atoms with Crippen molar-refractivity contribution in [3.63, 3.8) is 0 Å². The van der Waals surface area contributed by atoms with E-state index in [0.717, 1.165) is 29.9 Å². The average molecular weight is 201 g/mol. The van der Waals surface area contributed by atoms with E-state index in [2.05, 4.69) is 24.0 Å². The molecule has 0 amide bonds. The molecule has 2 rings (SSSR count). The Bertz CT molecular complexity index is 405. The van der Waals surface area contributed by atoms with Crippen LogP contribution in [0.4, 0.5) is 0 Å². The van der Waals surface area contributed by atoms with Crippen LogP contribution in [0.3, 0.4) is 0 Å². The van der Waals surface area contributed by atoms with Crippen LogP contribution in [0.2, 0.25) is 0 Å². The molecule has 78 valence electrons. The lowest BCUT2D eigenvalue weighted by Crippen LogP contribution is -1.86. The second-order valence-corrected chi connectivity index (χ2v) is 3.59. The van der Waals surface area contributed by atoms with Crippen molar-refractivity contribution in [2.75, 3.05) is 0 Å². The molecule has 15 heavy (non-hydrogen) atoms. The molecule has 0 saturated heterocycles. The van der Waals surface area contributed by atoms with E-state index in [1.807, 2.05) is 18.2 Å². The summed E-state index contributed by atoms with van der Waals surface area (Å²) in [4.78, 5) is 4.27. The molecule has 1 aromatic heterocycles. The maximum absolute atomic E-state index is 5.41. The summed E-state index contributed by atoms with van der Waals surface area (Å²) in [6, 6.07) is 10.2. The summed E-state index contributed by atoms with van der Waals surface area (Å²) < 4.78 is 5.41. The van der Waals surface area contributed by atoms with E-state index in [1.54, 1.807) is 0 Å². The maximum Gasteiger partial charge on any atom is 0.181 e. The minimum atomic E-state index is 0.973. The molecule has 0 atom stereocenters. The van der Waals surface area contributed by atoms with Crippen LogP contribution in [0.25, 0.3) is 11.3 Å². The van der Waals surface area contributed by atoms with Crippen LogP contribution in [0, 0.1) is 0 Å². The summed E-state index contributed by atoms with van der Waals surface area (Å²) in [7, 11) is 0. The smallest absolute Gasteiger partial charge is 0.181 e. The monoisotopic (exact) mass is 201 g/mol. The highest BCUT2D eigenvalue weighted by Gasteiger charge is 2.08. The quantitative estimate of drug-likeness (QED) is 0.754. The van der Waals surface area contributed by atoms with E-state index in [1.165, 1.54) is 12.8 Å². The summed E-state index contributed by atoms with van der Waals surface area (Å²) in [5.74, 6) is 1.00.